The Morgan fingerprint density at radius 2 is 2.14 bits per heavy atom. The fraction of sp³-hybridized carbons (Fsp3) is 0.263. The van der Waals surface area contributed by atoms with Gasteiger partial charge in [0, 0.05) is 22.8 Å². The van der Waals surface area contributed by atoms with Gasteiger partial charge in [-0.3, -0.25) is 10.2 Å². The molecule has 2 atom stereocenters. The van der Waals surface area contributed by atoms with E-state index in [1.807, 2.05) is 6.07 Å². The molecule has 0 aliphatic carbocycles. The van der Waals surface area contributed by atoms with E-state index in [4.69, 9.17) is 32.7 Å². The molecule has 1 aromatic heterocycles. The van der Waals surface area contributed by atoms with Crippen molar-refractivity contribution in [1.29, 1.82) is 10.7 Å². The third-order valence-corrected chi connectivity index (χ3v) is 4.34. The predicted molar refractivity (Wildman–Crippen MR) is 104 cm³/mol. The van der Waals surface area contributed by atoms with E-state index in [0.29, 0.717) is 5.56 Å². The van der Waals surface area contributed by atoms with Crippen LogP contribution in [0.4, 0.5) is 14.5 Å². The van der Waals surface area contributed by atoms with Crippen molar-refractivity contribution in [3.63, 3.8) is 0 Å². The highest BCUT2D eigenvalue weighted by molar-refractivity contribution is 6.31. The third kappa shape index (κ3) is 6.12. The lowest BCUT2D eigenvalue weighted by atomic mass is 9.93. The molecule has 1 aromatic carbocycles. The zero-order valence-corrected chi connectivity index (χ0v) is 16.1. The lowest BCUT2D eigenvalue weighted by Gasteiger charge is -2.22. The Labute approximate surface area is 171 Å². The number of nitrogens with one attached hydrogen (secondary N) is 2. The Kier molecular flexibility index (Phi) is 7.45. The molecule has 29 heavy (non-hydrogen) atoms. The van der Waals surface area contributed by atoms with Gasteiger partial charge in [-0.15, -0.1) is 0 Å². The molecule has 4 N–H and O–H groups in total. The highest BCUT2D eigenvalue weighted by atomic mass is 35.5. The molecule has 0 bridgehead atoms. The normalized spacial score (nSPS) is 12.7. The molecule has 2 aromatic rings. The second kappa shape index (κ2) is 9.80. The average molecular weight is 422 g/mol. The lowest BCUT2D eigenvalue weighted by molar-refractivity contribution is 0.0819. The summed E-state index contributed by atoms with van der Waals surface area (Å²) in [6, 6.07) is 8.41. The molecule has 0 radical (unpaired) electrons. The van der Waals surface area contributed by atoms with E-state index < -0.39 is 30.4 Å². The third-order valence-electron chi connectivity index (χ3n) is 4.00. The number of carbonyl (C=O) groups excluding carboxylic acids is 1. The maximum atomic E-state index is 13.7. The standard InChI is InChI=1S/C19H18ClF2N5O2/c1-10(29-19(24)25)6-14(17(21)22)13-7-12(3-4-15(13)20)27-18(28)16-5-2-11(8-23)9-26-16/h2-5,7,9-10,14,17H,6H2,1H3,(H3,24,25)(H,27,28)/t10?,14-/m0/s1. The van der Waals surface area contributed by atoms with Gasteiger partial charge < -0.3 is 15.8 Å². The summed E-state index contributed by atoms with van der Waals surface area (Å²) in [5, 5.41) is 18.6. The summed E-state index contributed by atoms with van der Waals surface area (Å²) in [5.41, 5.74) is 5.90. The number of nitrogens with zero attached hydrogens (tertiary/aromatic N) is 2. The van der Waals surface area contributed by atoms with Crippen LogP contribution in [0, 0.1) is 16.7 Å². The molecular formula is C19H18ClF2N5O2. The number of aromatic nitrogens is 1. The molecule has 1 unspecified atom stereocenters. The SMILES string of the molecule is CC(C[C@@H](c1cc(NC(=O)c2ccc(C#N)cn2)ccc1Cl)C(F)F)OC(=N)N. The van der Waals surface area contributed by atoms with Crippen molar-refractivity contribution in [3.05, 3.63) is 58.4 Å². The second-order valence-corrected chi connectivity index (χ2v) is 6.61. The van der Waals surface area contributed by atoms with Crippen LogP contribution in [0.1, 0.15) is 40.9 Å². The van der Waals surface area contributed by atoms with Gasteiger partial charge in [-0.05, 0) is 49.2 Å². The molecule has 0 spiro atoms. The van der Waals surface area contributed by atoms with Gasteiger partial charge in [-0.1, -0.05) is 11.6 Å². The van der Waals surface area contributed by atoms with Crippen LogP contribution in [-0.4, -0.2) is 29.4 Å². The minimum absolute atomic E-state index is 0.0642. The van der Waals surface area contributed by atoms with E-state index in [2.05, 4.69) is 10.3 Å². The summed E-state index contributed by atoms with van der Waals surface area (Å²) in [6.07, 6.45) is -2.36. The average Bonchev–Trinajstić information content (AvgIpc) is 2.67. The van der Waals surface area contributed by atoms with Crippen LogP contribution in [0.2, 0.25) is 5.02 Å². The van der Waals surface area contributed by atoms with Crippen molar-refractivity contribution in [1.82, 2.24) is 4.98 Å². The first-order chi connectivity index (χ1) is 13.7. The van der Waals surface area contributed by atoms with Gasteiger partial charge in [0.1, 0.15) is 11.8 Å². The highest BCUT2D eigenvalue weighted by Gasteiger charge is 2.28. The number of anilines is 1. The first-order valence-corrected chi connectivity index (χ1v) is 8.84. The topological polar surface area (TPSA) is 125 Å². The maximum absolute atomic E-state index is 13.7. The summed E-state index contributed by atoms with van der Waals surface area (Å²) in [5.74, 6) is -1.86. The molecular weight excluding hydrogens is 404 g/mol. The number of nitriles is 1. The number of hydrogen-bond donors (Lipinski definition) is 3. The molecule has 1 amide bonds. The molecule has 0 aliphatic heterocycles. The van der Waals surface area contributed by atoms with E-state index in [1.54, 1.807) is 0 Å². The number of ether oxygens (including phenoxy) is 1. The van der Waals surface area contributed by atoms with Crippen LogP contribution >= 0.6 is 11.6 Å². The number of pyridine rings is 1. The van der Waals surface area contributed by atoms with E-state index in [-0.39, 0.29) is 28.4 Å². The van der Waals surface area contributed by atoms with E-state index >= 15 is 0 Å². The number of halogens is 3. The monoisotopic (exact) mass is 421 g/mol. The number of amides is 1. The number of alkyl halides is 2. The van der Waals surface area contributed by atoms with Gasteiger partial charge in [0.25, 0.3) is 11.9 Å². The van der Waals surface area contributed by atoms with Gasteiger partial charge in [0.15, 0.2) is 0 Å². The fourth-order valence-corrected chi connectivity index (χ4v) is 2.94. The van der Waals surface area contributed by atoms with Gasteiger partial charge in [-0.25, -0.2) is 13.8 Å². The van der Waals surface area contributed by atoms with Crippen LogP contribution in [0.5, 0.6) is 0 Å². The maximum Gasteiger partial charge on any atom is 0.279 e. The van der Waals surface area contributed by atoms with Crippen LogP contribution in [0.25, 0.3) is 0 Å². The summed E-state index contributed by atoms with van der Waals surface area (Å²) >= 11 is 6.11. The van der Waals surface area contributed by atoms with E-state index in [0.717, 1.165) is 0 Å². The smallest absolute Gasteiger partial charge is 0.279 e. The first-order valence-electron chi connectivity index (χ1n) is 8.47. The highest BCUT2D eigenvalue weighted by Crippen LogP contribution is 2.35. The predicted octanol–water partition coefficient (Wildman–Crippen LogP) is 3.90. The molecule has 0 saturated heterocycles. The number of amidine groups is 1. The van der Waals surface area contributed by atoms with Crippen molar-refractivity contribution in [2.24, 2.45) is 5.73 Å². The molecule has 0 aliphatic rings. The van der Waals surface area contributed by atoms with E-state index in [1.165, 1.54) is 43.5 Å². The number of benzene rings is 1. The number of rotatable bonds is 7. The number of hydrogen-bond acceptors (Lipinski definition) is 5. The number of nitrogens with two attached hydrogens (primary N) is 1. The van der Waals surface area contributed by atoms with Gasteiger partial charge in [0.05, 0.1) is 11.7 Å². The van der Waals surface area contributed by atoms with Crippen molar-refractivity contribution in [2.75, 3.05) is 5.32 Å². The minimum atomic E-state index is -2.75. The van der Waals surface area contributed by atoms with Crippen molar-refractivity contribution in [3.8, 4) is 6.07 Å². The van der Waals surface area contributed by atoms with Crippen LogP contribution in [0.3, 0.4) is 0 Å². The van der Waals surface area contributed by atoms with Crippen molar-refractivity contribution in [2.45, 2.75) is 31.8 Å². The minimum Gasteiger partial charge on any atom is -0.463 e. The van der Waals surface area contributed by atoms with E-state index in [9.17, 15) is 13.6 Å². The molecule has 0 fully saturated rings. The van der Waals surface area contributed by atoms with Gasteiger partial charge in [-0.2, -0.15) is 5.26 Å². The molecule has 1 heterocycles. The quantitative estimate of drug-likeness (QED) is 0.462. The Bertz CT molecular complexity index is 931. The Balaban J connectivity index is 2.23. The van der Waals surface area contributed by atoms with Crippen molar-refractivity contribution < 1.29 is 18.3 Å². The van der Waals surface area contributed by atoms with Crippen LogP contribution < -0.4 is 11.1 Å². The van der Waals surface area contributed by atoms with Gasteiger partial charge in [0.2, 0.25) is 6.43 Å². The first kappa shape index (κ1) is 22.0. The summed E-state index contributed by atoms with van der Waals surface area (Å²) in [6.45, 7) is 1.52. The Hall–Kier alpha value is -3.25. The molecule has 152 valence electrons. The summed E-state index contributed by atoms with van der Waals surface area (Å²) in [4.78, 5) is 16.2. The van der Waals surface area contributed by atoms with Crippen LogP contribution in [-0.2, 0) is 4.74 Å². The Morgan fingerprint density at radius 3 is 2.69 bits per heavy atom. The van der Waals surface area contributed by atoms with Gasteiger partial charge >= 0.3 is 0 Å². The second-order valence-electron chi connectivity index (χ2n) is 6.20. The lowest BCUT2D eigenvalue weighted by Crippen LogP contribution is -2.25. The molecule has 0 saturated carbocycles. The largest absolute Gasteiger partial charge is 0.463 e. The molecule has 2 rings (SSSR count). The zero-order chi connectivity index (χ0) is 21.6. The fourth-order valence-electron chi connectivity index (χ4n) is 2.68. The summed E-state index contributed by atoms with van der Waals surface area (Å²) < 4.78 is 32.3. The van der Waals surface area contributed by atoms with Crippen molar-refractivity contribution >= 4 is 29.2 Å². The molecule has 10 heteroatoms. The number of carbonyl (C=O) groups is 1. The summed E-state index contributed by atoms with van der Waals surface area (Å²) in [7, 11) is 0. The Morgan fingerprint density at radius 1 is 1.41 bits per heavy atom. The van der Waals surface area contributed by atoms with Crippen LogP contribution in [0.15, 0.2) is 36.5 Å². The molecule has 7 nitrogen and oxygen atoms in total. The zero-order valence-electron chi connectivity index (χ0n) is 15.3.